The van der Waals surface area contributed by atoms with Gasteiger partial charge in [0.2, 0.25) is 5.91 Å². The van der Waals surface area contributed by atoms with Crippen LogP contribution in [0.5, 0.6) is 5.88 Å². The van der Waals surface area contributed by atoms with Gasteiger partial charge in [-0.15, -0.1) is 0 Å². The van der Waals surface area contributed by atoms with Crippen molar-refractivity contribution in [3.63, 3.8) is 0 Å². The molecule has 2 aromatic heterocycles. The van der Waals surface area contributed by atoms with Crippen molar-refractivity contribution in [1.82, 2.24) is 14.6 Å². The van der Waals surface area contributed by atoms with Crippen molar-refractivity contribution in [2.24, 2.45) is 7.05 Å². The van der Waals surface area contributed by atoms with Crippen LogP contribution in [0.3, 0.4) is 0 Å². The van der Waals surface area contributed by atoms with Gasteiger partial charge in [-0.25, -0.2) is 9.88 Å². The van der Waals surface area contributed by atoms with Crippen LogP contribution < -0.4 is 14.7 Å². The molecular weight excluding hydrogens is 362 g/mol. The number of hydrogen-bond donors (Lipinski definition) is 0. The average Bonchev–Trinajstić information content (AvgIpc) is 3.11. The van der Waals surface area contributed by atoms with Crippen LogP contribution in [0, 0.1) is 0 Å². The maximum atomic E-state index is 13.0. The maximum Gasteiger partial charge on any atom is 0.307 e. The highest BCUT2D eigenvalue weighted by Gasteiger charge is 2.45. The summed E-state index contributed by atoms with van der Waals surface area (Å²) >= 11 is 1.30. The molecule has 27 heavy (non-hydrogen) atoms. The van der Waals surface area contributed by atoms with Gasteiger partial charge in [0.05, 0.1) is 17.1 Å². The van der Waals surface area contributed by atoms with Crippen LogP contribution in [0.2, 0.25) is 0 Å². The second kappa shape index (κ2) is 6.70. The van der Waals surface area contributed by atoms with E-state index in [1.165, 1.54) is 11.8 Å². The normalized spacial score (nSPS) is 15.4. The van der Waals surface area contributed by atoms with Gasteiger partial charge in [-0.3, -0.25) is 4.79 Å². The lowest BCUT2D eigenvalue weighted by atomic mass is 10.0. The lowest BCUT2D eigenvalue weighted by Gasteiger charge is -2.33. The Kier molecular flexibility index (Phi) is 4.35. The molecule has 0 radical (unpaired) electrons. The van der Waals surface area contributed by atoms with E-state index in [9.17, 15) is 9.90 Å². The summed E-state index contributed by atoms with van der Waals surface area (Å²) in [6.45, 7) is 1.83. The van der Waals surface area contributed by atoms with Gasteiger partial charge in [0.25, 0.3) is 10.9 Å². The first-order chi connectivity index (χ1) is 13.1. The van der Waals surface area contributed by atoms with Gasteiger partial charge in [-0.2, -0.15) is 0 Å². The number of amides is 1. The Morgan fingerprint density at radius 2 is 2.07 bits per heavy atom. The van der Waals surface area contributed by atoms with Crippen molar-refractivity contribution >= 4 is 23.4 Å². The Bertz CT molecular complexity index is 1030. The van der Waals surface area contributed by atoms with Gasteiger partial charge in [-0.1, -0.05) is 35.5 Å². The lowest BCUT2D eigenvalue weighted by Crippen LogP contribution is -2.59. The SMILES string of the molecule is CCC(=O)N1c2ccccc2-c2c([O-])nc(SC)n[n+]2C1c1cccn1C. The number of benzene rings is 1. The van der Waals surface area contributed by atoms with Crippen LogP contribution >= 0.6 is 11.8 Å². The molecule has 3 heterocycles. The number of fused-ring (bicyclic) bond motifs is 3. The summed E-state index contributed by atoms with van der Waals surface area (Å²) in [6, 6.07) is 11.3. The topological polar surface area (TPSA) is 78.0 Å². The molecule has 1 aliphatic rings. The van der Waals surface area contributed by atoms with Crippen LogP contribution in [0.4, 0.5) is 5.69 Å². The zero-order valence-corrected chi connectivity index (χ0v) is 16.1. The van der Waals surface area contributed by atoms with E-state index in [2.05, 4.69) is 10.1 Å². The van der Waals surface area contributed by atoms with Crippen molar-refractivity contribution < 1.29 is 14.6 Å². The highest BCUT2D eigenvalue weighted by molar-refractivity contribution is 7.98. The van der Waals surface area contributed by atoms with Crippen molar-refractivity contribution in [1.29, 1.82) is 0 Å². The molecular formula is C19H19N5O2S. The number of thioether (sulfide) groups is 1. The minimum atomic E-state index is -0.552. The molecule has 1 aromatic carbocycles. The van der Waals surface area contributed by atoms with Crippen molar-refractivity contribution in [2.75, 3.05) is 11.2 Å². The minimum absolute atomic E-state index is 0.0384. The first-order valence-electron chi connectivity index (χ1n) is 8.64. The van der Waals surface area contributed by atoms with E-state index < -0.39 is 6.17 Å². The molecule has 1 unspecified atom stereocenters. The van der Waals surface area contributed by atoms with E-state index in [0.29, 0.717) is 28.5 Å². The second-order valence-corrected chi connectivity index (χ2v) is 7.02. The number of nitrogens with zero attached hydrogens (tertiary/aromatic N) is 5. The summed E-state index contributed by atoms with van der Waals surface area (Å²) < 4.78 is 3.59. The monoisotopic (exact) mass is 381 g/mol. The predicted molar refractivity (Wildman–Crippen MR) is 100 cm³/mol. The van der Waals surface area contributed by atoms with E-state index in [-0.39, 0.29) is 11.8 Å². The minimum Gasteiger partial charge on any atom is -0.854 e. The molecule has 7 nitrogen and oxygen atoms in total. The molecule has 0 N–H and O–H groups in total. The van der Waals surface area contributed by atoms with Gasteiger partial charge < -0.3 is 9.67 Å². The van der Waals surface area contributed by atoms with E-state index in [4.69, 9.17) is 0 Å². The Morgan fingerprint density at radius 1 is 1.30 bits per heavy atom. The van der Waals surface area contributed by atoms with Gasteiger partial charge in [0.1, 0.15) is 5.69 Å². The lowest BCUT2D eigenvalue weighted by molar-refractivity contribution is -0.764. The quantitative estimate of drug-likeness (QED) is 0.511. The van der Waals surface area contributed by atoms with Crippen LogP contribution in [0.25, 0.3) is 11.3 Å². The molecule has 3 aromatic rings. The summed E-state index contributed by atoms with van der Waals surface area (Å²) in [5.74, 6) is -0.381. The molecule has 8 heteroatoms. The third-order valence-corrected chi connectivity index (χ3v) is 5.26. The van der Waals surface area contributed by atoms with Gasteiger partial charge in [0.15, 0.2) is 0 Å². The second-order valence-electron chi connectivity index (χ2n) is 6.25. The number of rotatable bonds is 3. The Morgan fingerprint density at radius 3 is 2.74 bits per heavy atom. The first kappa shape index (κ1) is 17.5. The molecule has 1 atom stereocenters. The Balaban J connectivity index is 2.09. The Labute approximate surface area is 161 Å². The summed E-state index contributed by atoms with van der Waals surface area (Å²) in [6.07, 6.45) is 3.53. The molecule has 0 saturated heterocycles. The van der Waals surface area contributed by atoms with Crippen LogP contribution in [0.15, 0.2) is 47.8 Å². The fourth-order valence-electron chi connectivity index (χ4n) is 3.47. The maximum absolute atomic E-state index is 13.0. The number of para-hydroxylation sites is 1. The largest absolute Gasteiger partial charge is 0.854 e. The number of carbonyl (C=O) groups excluding carboxylic acids is 1. The molecule has 138 valence electrons. The smallest absolute Gasteiger partial charge is 0.307 e. The molecule has 0 fully saturated rings. The molecule has 0 bridgehead atoms. The molecule has 1 amide bonds. The fourth-order valence-corrected chi connectivity index (χ4v) is 3.81. The highest BCUT2D eigenvalue weighted by Crippen LogP contribution is 2.40. The van der Waals surface area contributed by atoms with E-state index in [1.807, 2.05) is 67.4 Å². The molecule has 1 aliphatic heterocycles. The van der Waals surface area contributed by atoms with Crippen LogP contribution in [-0.2, 0) is 11.8 Å². The van der Waals surface area contributed by atoms with Gasteiger partial charge in [0, 0.05) is 24.8 Å². The Hall–Kier alpha value is -2.87. The van der Waals surface area contributed by atoms with E-state index in [0.717, 1.165) is 5.69 Å². The van der Waals surface area contributed by atoms with Crippen molar-refractivity contribution in [3.8, 4) is 17.1 Å². The third kappa shape index (κ3) is 2.68. The van der Waals surface area contributed by atoms with Crippen LogP contribution in [-0.4, -0.2) is 26.8 Å². The first-order valence-corrected chi connectivity index (χ1v) is 9.86. The summed E-state index contributed by atoms with van der Waals surface area (Å²) in [4.78, 5) is 18.8. The van der Waals surface area contributed by atoms with Gasteiger partial charge >= 0.3 is 6.17 Å². The summed E-state index contributed by atoms with van der Waals surface area (Å²) in [7, 11) is 1.92. The zero-order chi connectivity index (χ0) is 19.1. The zero-order valence-electron chi connectivity index (χ0n) is 15.3. The summed E-state index contributed by atoms with van der Waals surface area (Å²) in [5.41, 5.74) is 2.63. The van der Waals surface area contributed by atoms with Crippen molar-refractivity contribution in [3.05, 3.63) is 48.3 Å². The van der Waals surface area contributed by atoms with E-state index in [1.54, 1.807) is 9.58 Å². The third-order valence-electron chi connectivity index (χ3n) is 4.72. The van der Waals surface area contributed by atoms with Crippen molar-refractivity contribution in [2.45, 2.75) is 24.7 Å². The number of hydrogen-bond acceptors (Lipinski definition) is 5. The van der Waals surface area contributed by atoms with E-state index >= 15 is 0 Å². The highest BCUT2D eigenvalue weighted by atomic mass is 32.2. The number of aryl methyl sites for hydroxylation is 1. The average molecular weight is 381 g/mol. The molecule has 4 rings (SSSR count). The molecule has 0 aliphatic carbocycles. The molecule has 0 saturated carbocycles. The standard InChI is InChI=1S/C19H19N5O2S/c1-4-15(25)23-13-9-6-5-8-12(13)16-17(26)20-19(27-3)21-24(16)18(23)14-10-7-11-22(14)2/h5-11,18H,4H2,1-3H3. The van der Waals surface area contributed by atoms with Gasteiger partial charge in [-0.05, 0) is 30.5 Å². The number of anilines is 1. The molecule has 0 spiro atoms. The predicted octanol–water partition coefficient (Wildman–Crippen LogP) is 1.87. The summed E-state index contributed by atoms with van der Waals surface area (Å²) in [5, 5.41) is 17.8. The van der Waals surface area contributed by atoms with Crippen LogP contribution in [0.1, 0.15) is 25.2 Å². The number of carbonyl (C=O) groups is 1. The number of aromatic nitrogens is 4. The fraction of sp³-hybridized carbons (Fsp3) is 0.263.